The number of benzene rings is 1. The summed E-state index contributed by atoms with van der Waals surface area (Å²) in [5, 5.41) is 23.0. The van der Waals surface area contributed by atoms with E-state index in [0.29, 0.717) is 11.8 Å². The predicted molar refractivity (Wildman–Crippen MR) is 81.4 cm³/mol. The number of Topliss-reactive ketones (excluding diaryl/α,β-unsaturated/α-hetero) is 1. The van der Waals surface area contributed by atoms with Crippen LogP contribution in [0.15, 0.2) is 30.3 Å². The minimum atomic E-state index is -1.71. The van der Waals surface area contributed by atoms with Crippen LogP contribution in [0.4, 0.5) is 0 Å². The molecule has 3 rings (SSSR count). The van der Waals surface area contributed by atoms with Crippen LogP contribution >= 0.6 is 0 Å². The number of fused-ring (bicyclic) bond motifs is 1. The van der Waals surface area contributed by atoms with Gasteiger partial charge in [-0.15, -0.1) is 0 Å². The second kappa shape index (κ2) is 5.23. The number of aldehydes is 1. The first-order valence-corrected chi connectivity index (χ1v) is 7.74. The maximum Gasteiger partial charge on any atom is 0.249 e. The van der Waals surface area contributed by atoms with Gasteiger partial charge in [0.15, 0.2) is 0 Å². The molecule has 122 valence electrons. The molecule has 2 saturated carbocycles. The summed E-state index contributed by atoms with van der Waals surface area (Å²) in [6, 6.07) is 7.41. The summed E-state index contributed by atoms with van der Waals surface area (Å²) in [6.45, 7) is 1.57. The molecule has 6 heteroatoms. The molecule has 0 saturated heterocycles. The number of aliphatic hydroxyl groups is 1. The fourth-order valence-electron chi connectivity index (χ4n) is 4.53. The van der Waals surface area contributed by atoms with Crippen LogP contribution in [0.2, 0.25) is 0 Å². The van der Waals surface area contributed by atoms with E-state index < -0.39 is 33.8 Å². The summed E-state index contributed by atoms with van der Waals surface area (Å²) in [5.41, 5.74) is -2.30. The first-order chi connectivity index (χ1) is 10.8. The van der Waals surface area contributed by atoms with Crippen LogP contribution in [-0.4, -0.2) is 33.7 Å². The molecule has 1 aromatic carbocycles. The van der Waals surface area contributed by atoms with Gasteiger partial charge in [0.1, 0.15) is 17.7 Å². The first-order valence-electron chi connectivity index (χ1n) is 7.74. The quantitative estimate of drug-likeness (QED) is 0.520. The fraction of sp³-hybridized carbons (Fsp3) is 0.529. The third kappa shape index (κ3) is 2.05. The van der Waals surface area contributed by atoms with Crippen molar-refractivity contribution >= 4 is 12.1 Å². The Morgan fingerprint density at radius 2 is 2.00 bits per heavy atom. The Hall–Kier alpha value is -2.08. The number of nitrogens with zero attached hydrogens (tertiary/aromatic N) is 1. The molecule has 0 amide bonds. The van der Waals surface area contributed by atoms with Crippen LogP contribution < -0.4 is 0 Å². The Morgan fingerprint density at radius 1 is 1.35 bits per heavy atom. The minimum absolute atomic E-state index is 0.0723. The van der Waals surface area contributed by atoms with Crippen molar-refractivity contribution in [2.45, 2.75) is 43.7 Å². The molecule has 6 nitrogen and oxygen atoms in total. The molecule has 5 atom stereocenters. The molecule has 0 radical (unpaired) electrons. The van der Waals surface area contributed by atoms with Gasteiger partial charge in [-0.25, -0.2) is 0 Å². The normalized spacial score (nSPS) is 39.7. The van der Waals surface area contributed by atoms with E-state index in [-0.39, 0.29) is 25.0 Å². The zero-order valence-corrected chi connectivity index (χ0v) is 12.8. The van der Waals surface area contributed by atoms with Gasteiger partial charge in [0, 0.05) is 17.3 Å². The minimum Gasteiger partial charge on any atom is -0.382 e. The lowest BCUT2D eigenvalue weighted by atomic mass is 9.55. The number of hydrogen-bond acceptors (Lipinski definition) is 5. The smallest absolute Gasteiger partial charge is 0.249 e. The molecule has 2 aliphatic rings. The third-order valence-corrected chi connectivity index (χ3v) is 5.83. The predicted octanol–water partition coefficient (Wildman–Crippen LogP) is 1.73. The topological polar surface area (TPSA) is 97.5 Å². The molecule has 1 N–H and O–H groups in total. The van der Waals surface area contributed by atoms with E-state index in [1.54, 1.807) is 37.3 Å². The van der Waals surface area contributed by atoms with Crippen molar-refractivity contribution in [2.75, 3.05) is 0 Å². The van der Waals surface area contributed by atoms with E-state index in [0.717, 1.165) is 0 Å². The molecule has 0 spiro atoms. The van der Waals surface area contributed by atoms with Crippen LogP contribution in [0.1, 0.15) is 37.7 Å². The molecular weight excluding hydrogens is 298 g/mol. The summed E-state index contributed by atoms with van der Waals surface area (Å²) in [7, 11) is 0. The van der Waals surface area contributed by atoms with Gasteiger partial charge in [-0.3, -0.25) is 14.9 Å². The fourth-order valence-corrected chi connectivity index (χ4v) is 4.53. The summed E-state index contributed by atoms with van der Waals surface area (Å²) < 4.78 is 0. The molecule has 0 aromatic heterocycles. The second-order valence-electron chi connectivity index (χ2n) is 6.85. The second-order valence-corrected chi connectivity index (χ2v) is 6.85. The van der Waals surface area contributed by atoms with E-state index in [1.165, 1.54) is 0 Å². The summed E-state index contributed by atoms with van der Waals surface area (Å²) >= 11 is 0. The maximum atomic E-state index is 12.3. The summed E-state index contributed by atoms with van der Waals surface area (Å²) in [6.07, 6.45) is 1.04. The number of carbonyl (C=O) groups is 2. The lowest BCUT2D eigenvalue weighted by Crippen LogP contribution is -2.64. The van der Waals surface area contributed by atoms with Gasteiger partial charge in [0.05, 0.1) is 11.3 Å². The van der Waals surface area contributed by atoms with Crippen molar-refractivity contribution in [3.8, 4) is 0 Å². The maximum absolute atomic E-state index is 12.3. The van der Waals surface area contributed by atoms with E-state index in [2.05, 4.69) is 0 Å². The van der Waals surface area contributed by atoms with Crippen LogP contribution in [0.25, 0.3) is 0 Å². The molecule has 23 heavy (non-hydrogen) atoms. The van der Waals surface area contributed by atoms with Gasteiger partial charge in [0.25, 0.3) is 0 Å². The lowest BCUT2D eigenvalue weighted by Gasteiger charge is -2.48. The zero-order valence-electron chi connectivity index (χ0n) is 12.8. The largest absolute Gasteiger partial charge is 0.382 e. The highest BCUT2D eigenvalue weighted by molar-refractivity contribution is 5.89. The SMILES string of the molecule is C[C@]12C[C@H](C=O)[C@@H](c3ccccc3)[C@H]([N+](=O)[O-])[C@@]1(O)CCC2=O. The van der Waals surface area contributed by atoms with Gasteiger partial charge < -0.3 is 9.90 Å². The van der Waals surface area contributed by atoms with Crippen molar-refractivity contribution in [3.63, 3.8) is 0 Å². The lowest BCUT2D eigenvalue weighted by molar-refractivity contribution is -0.559. The number of ketones is 1. The standard InChI is InChI=1S/C17H19NO5/c1-16-9-12(10-19)14(11-5-3-2-4-6-11)15(18(22)23)17(16,21)8-7-13(16)20/h2-6,10,12,14-15,21H,7-9H2,1H3/t12-,14-,15+,16-,17+/m1/s1. The molecule has 0 aliphatic heterocycles. The van der Waals surface area contributed by atoms with E-state index in [1.807, 2.05) is 0 Å². The molecule has 1 aromatic rings. The molecule has 0 bridgehead atoms. The highest BCUT2D eigenvalue weighted by Gasteiger charge is 2.71. The van der Waals surface area contributed by atoms with Crippen molar-refractivity contribution < 1.29 is 19.6 Å². The monoisotopic (exact) mass is 317 g/mol. The Morgan fingerprint density at radius 3 is 2.57 bits per heavy atom. The Balaban J connectivity index is 2.18. The third-order valence-electron chi connectivity index (χ3n) is 5.83. The molecular formula is C17H19NO5. The number of carbonyl (C=O) groups excluding carboxylic acids is 2. The van der Waals surface area contributed by atoms with Gasteiger partial charge in [-0.1, -0.05) is 30.3 Å². The van der Waals surface area contributed by atoms with Crippen LogP contribution in [-0.2, 0) is 9.59 Å². The first kappa shape index (κ1) is 15.8. The van der Waals surface area contributed by atoms with Gasteiger partial charge in [-0.2, -0.15) is 0 Å². The summed E-state index contributed by atoms with van der Waals surface area (Å²) in [5.74, 6) is -1.59. The summed E-state index contributed by atoms with van der Waals surface area (Å²) in [4.78, 5) is 35.3. The molecule has 2 fully saturated rings. The number of hydrogen-bond donors (Lipinski definition) is 1. The van der Waals surface area contributed by atoms with Crippen LogP contribution in [0.3, 0.4) is 0 Å². The van der Waals surface area contributed by atoms with Crippen molar-refractivity contribution in [1.29, 1.82) is 0 Å². The highest BCUT2D eigenvalue weighted by atomic mass is 16.6. The van der Waals surface area contributed by atoms with E-state index >= 15 is 0 Å². The van der Waals surface area contributed by atoms with Gasteiger partial charge in [0.2, 0.25) is 6.04 Å². The zero-order chi connectivity index (χ0) is 16.8. The Labute approximate surface area is 133 Å². The number of nitro groups is 1. The van der Waals surface area contributed by atoms with E-state index in [4.69, 9.17) is 0 Å². The van der Waals surface area contributed by atoms with Gasteiger partial charge in [-0.05, 0) is 25.3 Å². The molecule has 0 unspecified atom stereocenters. The van der Waals surface area contributed by atoms with Crippen molar-refractivity contribution in [3.05, 3.63) is 46.0 Å². The Kier molecular flexibility index (Phi) is 3.59. The van der Waals surface area contributed by atoms with Crippen molar-refractivity contribution in [1.82, 2.24) is 0 Å². The average Bonchev–Trinajstić information content (AvgIpc) is 2.77. The molecule has 0 heterocycles. The highest BCUT2D eigenvalue weighted by Crippen LogP contribution is 2.58. The van der Waals surface area contributed by atoms with E-state index in [9.17, 15) is 24.8 Å². The Bertz CT molecular complexity index is 660. The van der Waals surface area contributed by atoms with Crippen LogP contribution in [0.5, 0.6) is 0 Å². The van der Waals surface area contributed by atoms with Crippen LogP contribution in [0, 0.1) is 21.4 Å². The number of rotatable bonds is 3. The molecule has 2 aliphatic carbocycles. The van der Waals surface area contributed by atoms with Gasteiger partial charge >= 0.3 is 0 Å². The average molecular weight is 317 g/mol. The van der Waals surface area contributed by atoms with Crippen molar-refractivity contribution in [2.24, 2.45) is 11.3 Å².